The number of benzene rings is 1. The molecule has 1 aliphatic rings. The van der Waals surface area contributed by atoms with Crippen LogP contribution >= 0.6 is 15.9 Å². The Morgan fingerprint density at radius 2 is 2.00 bits per heavy atom. The molecule has 0 atom stereocenters. The zero-order valence-electron chi connectivity index (χ0n) is 12.9. The summed E-state index contributed by atoms with van der Waals surface area (Å²) < 4.78 is 1.04. The fourth-order valence-electron chi connectivity index (χ4n) is 2.59. The first kappa shape index (κ1) is 15.9. The van der Waals surface area contributed by atoms with E-state index >= 15 is 0 Å². The normalized spacial score (nSPS) is 14.2. The van der Waals surface area contributed by atoms with Crippen molar-refractivity contribution < 1.29 is 0 Å². The van der Waals surface area contributed by atoms with Crippen LogP contribution < -0.4 is 10.6 Å². The zero-order valence-corrected chi connectivity index (χ0v) is 14.5. The van der Waals surface area contributed by atoms with Crippen molar-refractivity contribution in [2.75, 3.05) is 17.2 Å². The van der Waals surface area contributed by atoms with Crippen molar-refractivity contribution in [2.45, 2.75) is 32.1 Å². The van der Waals surface area contributed by atoms with E-state index in [9.17, 15) is 0 Å². The molecule has 0 bridgehead atoms. The molecular weight excluding hydrogens is 354 g/mol. The lowest BCUT2D eigenvalue weighted by Gasteiger charge is -2.13. The maximum absolute atomic E-state index is 4.45. The molecule has 0 aliphatic heterocycles. The number of halogens is 1. The van der Waals surface area contributed by atoms with E-state index in [2.05, 4.69) is 47.8 Å². The molecule has 0 saturated heterocycles. The summed E-state index contributed by atoms with van der Waals surface area (Å²) in [5.74, 6) is 1.24. The molecule has 0 amide bonds. The van der Waals surface area contributed by atoms with Crippen LogP contribution in [-0.2, 0) is 0 Å². The second kappa shape index (κ2) is 8.06. The molecule has 2 aromatic rings. The van der Waals surface area contributed by atoms with Crippen molar-refractivity contribution in [3.8, 4) is 0 Å². The number of hydrogen-bond donors (Lipinski definition) is 2. The Labute approximate surface area is 144 Å². The second-order valence-corrected chi connectivity index (χ2v) is 6.50. The Hall–Kier alpha value is -1.95. The average Bonchev–Trinajstić information content (AvgIpc) is 2.58. The summed E-state index contributed by atoms with van der Waals surface area (Å²) in [5.41, 5.74) is 2.51. The van der Waals surface area contributed by atoms with Crippen LogP contribution in [0, 0.1) is 0 Å². The van der Waals surface area contributed by atoms with E-state index in [0.717, 1.165) is 23.1 Å². The van der Waals surface area contributed by atoms with Crippen LogP contribution in [0.2, 0.25) is 0 Å². The smallest absolute Gasteiger partial charge is 0.244 e. The van der Waals surface area contributed by atoms with Crippen LogP contribution in [0.1, 0.15) is 32.1 Å². The molecular formula is C17H20BrN5. The molecule has 120 valence electrons. The largest absolute Gasteiger partial charge is 0.353 e. The van der Waals surface area contributed by atoms with E-state index in [1.165, 1.54) is 25.7 Å². The minimum Gasteiger partial charge on any atom is -0.353 e. The number of allylic oxidation sites excluding steroid dienone is 1. The third-order valence-corrected chi connectivity index (χ3v) is 4.32. The van der Waals surface area contributed by atoms with Gasteiger partial charge in [0.05, 0.1) is 6.20 Å². The molecule has 23 heavy (non-hydrogen) atoms. The summed E-state index contributed by atoms with van der Waals surface area (Å²) in [4.78, 5) is 4.45. The molecule has 0 spiro atoms. The lowest BCUT2D eigenvalue weighted by atomic mass is 9.97. The van der Waals surface area contributed by atoms with Crippen LogP contribution in [0.15, 0.2) is 46.6 Å². The highest BCUT2D eigenvalue weighted by Crippen LogP contribution is 2.20. The fourth-order valence-corrected chi connectivity index (χ4v) is 2.85. The van der Waals surface area contributed by atoms with Gasteiger partial charge in [0, 0.05) is 16.7 Å². The molecule has 0 radical (unpaired) electrons. The molecule has 1 heterocycles. The van der Waals surface area contributed by atoms with E-state index in [0.29, 0.717) is 11.8 Å². The van der Waals surface area contributed by atoms with Gasteiger partial charge in [0.25, 0.3) is 0 Å². The molecule has 1 aromatic heterocycles. The monoisotopic (exact) mass is 373 g/mol. The van der Waals surface area contributed by atoms with Crippen molar-refractivity contribution >= 4 is 33.4 Å². The summed E-state index contributed by atoms with van der Waals surface area (Å²) in [6, 6.07) is 7.92. The van der Waals surface area contributed by atoms with Crippen LogP contribution in [0.5, 0.6) is 0 Å². The third-order valence-electron chi connectivity index (χ3n) is 3.79. The van der Waals surface area contributed by atoms with Gasteiger partial charge < -0.3 is 10.6 Å². The van der Waals surface area contributed by atoms with Crippen molar-refractivity contribution in [3.63, 3.8) is 0 Å². The Morgan fingerprint density at radius 3 is 2.78 bits per heavy atom. The Morgan fingerprint density at radius 1 is 1.13 bits per heavy atom. The van der Waals surface area contributed by atoms with Gasteiger partial charge in [0.15, 0.2) is 5.82 Å². The topological polar surface area (TPSA) is 62.7 Å². The van der Waals surface area contributed by atoms with Gasteiger partial charge in [0.1, 0.15) is 0 Å². The number of rotatable bonds is 6. The standard InChI is InChI=1S/C17H20BrN5/c18-14-6-8-15(9-7-14)21-16-12-20-23-17(22-16)19-11-10-13-4-2-1-3-5-13/h4,6-9,12H,1-3,5,10-11H2,(H2,19,21,22,23). The predicted molar refractivity (Wildman–Crippen MR) is 96.9 cm³/mol. The summed E-state index contributed by atoms with van der Waals surface area (Å²) in [6.07, 6.45) is 10.1. The van der Waals surface area contributed by atoms with Crippen molar-refractivity contribution in [2.24, 2.45) is 0 Å². The van der Waals surface area contributed by atoms with Gasteiger partial charge in [-0.2, -0.15) is 10.1 Å². The van der Waals surface area contributed by atoms with Crippen LogP contribution in [0.4, 0.5) is 17.5 Å². The molecule has 5 nitrogen and oxygen atoms in total. The first-order valence-electron chi connectivity index (χ1n) is 7.94. The quantitative estimate of drug-likeness (QED) is 0.719. The van der Waals surface area contributed by atoms with Gasteiger partial charge in [0.2, 0.25) is 5.95 Å². The molecule has 0 fully saturated rings. The van der Waals surface area contributed by atoms with Crippen LogP contribution in [0.25, 0.3) is 0 Å². The summed E-state index contributed by atoms with van der Waals surface area (Å²) in [6.45, 7) is 0.843. The highest BCUT2D eigenvalue weighted by atomic mass is 79.9. The molecule has 2 N–H and O–H groups in total. The number of anilines is 3. The Bertz CT molecular complexity index is 669. The molecule has 1 aliphatic carbocycles. The van der Waals surface area contributed by atoms with Gasteiger partial charge in [-0.1, -0.05) is 27.6 Å². The number of hydrogen-bond acceptors (Lipinski definition) is 5. The van der Waals surface area contributed by atoms with Gasteiger partial charge in [-0.25, -0.2) is 0 Å². The summed E-state index contributed by atoms with van der Waals surface area (Å²) in [7, 11) is 0. The van der Waals surface area contributed by atoms with E-state index in [4.69, 9.17) is 0 Å². The Balaban J connectivity index is 1.54. The first-order chi connectivity index (χ1) is 11.3. The van der Waals surface area contributed by atoms with E-state index in [-0.39, 0.29) is 0 Å². The lowest BCUT2D eigenvalue weighted by Crippen LogP contribution is -2.09. The van der Waals surface area contributed by atoms with E-state index in [1.807, 2.05) is 24.3 Å². The van der Waals surface area contributed by atoms with Gasteiger partial charge >= 0.3 is 0 Å². The summed E-state index contributed by atoms with van der Waals surface area (Å²) >= 11 is 3.42. The van der Waals surface area contributed by atoms with Crippen molar-refractivity contribution in [3.05, 3.63) is 46.6 Å². The second-order valence-electron chi connectivity index (χ2n) is 5.58. The molecule has 0 unspecified atom stereocenters. The third kappa shape index (κ3) is 5.03. The number of aromatic nitrogens is 3. The maximum Gasteiger partial charge on any atom is 0.244 e. The Kier molecular flexibility index (Phi) is 5.58. The van der Waals surface area contributed by atoms with Gasteiger partial charge in [-0.3, -0.25) is 0 Å². The SMILES string of the molecule is Brc1ccc(Nc2cnnc(NCCC3=CCCCC3)n2)cc1. The van der Waals surface area contributed by atoms with Gasteiger partial charge in [-0.15, -0.1) is 5.10 Å². The molecule has 0 saturated carbocycles. The highest BCUT2D eigenvalue weighted by Gasteiger charge is 2.05. The first-order valence-corrected chi connectivity index (χ1v) is 8.73. The van der Waals surface area contributed by atoms with E-state index in [1.54, 1.807) is 11.8 Å². The maximum atomic E-state index is 4.45. The van der Waals surface area contributed by atoms with Gasteiger partial charge in [-0.05, 0) is 56.4 Å². The molecule has 6 heteroatoms. The van der Waals surface area contributed by atoms with Crippen LogP contribution in [-0.4, -0.2) is 21.7 Å². The molecule has 1 aromatic carbocycles. The molecule has 3 rings (SSSR count). The number of nitrogens with zero attached hydrogens (tertiary/aromatic N) is 3. The van der Waals surface area contributed by atoms with Crippen molar-refractivity contribution in [1.82, 2.24) is 15.2 Å². The number of nitrogens with one attached hydrogen (secondary N) is 2. The fraction of sp³-hybridized carbons (Fsp3) is 0.353. The zero-order chi connectivity index (χ0) is 15.9. The lowest BCUT2D eigenvalue weighted by molar-refractivity contribution is 0.679. The minimum absolute atomic E-state index is 0.559. The highest BCUT2D eigenvalue weighted by molar-refractivity contribution is 9.10. The summed E-state index contributed by atoms with van der Waals surface area (Å²) in [5, 5.41) is 14.5. The van der Waals surface area contributed by atoms with Crippen molar-refractivity contribution in [1.29, 1.82) is 0 Å². The van der Waals surface area contributed by atoms with Crippen LogP contribution in [0.3, 0.4) is 0 Å². The predicted octanol–water partition coefficient (Wildman–Crippen LogP) is 4.68. The average molecular weight is 374 g/mol. The minimum atomic E-state index is 0.559. The van der Waals surface area contributed by atoms with E-state index < -0.39 is 0 Å².